The molecule has 1 N–H and O–H groups in total. The van der Waals surface area contributed by atoms with E-state index in [0.717, 1.165) is 43.3 Å². The zero-order valence-corrected chi connectivity index (χ0v) is 14.8. The van der Waals surface area contributed by atoms with Gasteiger partial charge in [-0.2, -0.15) is 4.98 Å². The first kappa shape index (κ1) is 17.4. The lowest BCUT2D eigenvalue weighted by Crippen LogP contribution is -2.31. The van der Waals surface area contributed by atoms with Crippen LogP contribution in [0, 0.1) is 11.6 Å². The summed E-state index contributed by atoms with van der Waals surface area (Å²) in [7, 11) is 0. The molecule has 0 radical (unpaired) electrons. The Morgan fingerprint density at radius 3 is 2.37 bits per heavy atom. The number of nitrogens with one attached hydrogen (secondary N) is 1. The molecule has 4 rings (SSSR count). The predicted molar refractivity (Wildman–Crippen MR) is 103 cm³/mol. The first-order valence-corrected chi connectivity index (χ1v) is 9.10. The zero-order valence-electron chi connectivity index (χ0n) is 14.8. The van der Waals surface area contributed by atoms with Crippen molar-refractivity contribution in [1.82, 2.24) is 9.97 Å². The van der Waals surface area contributed by atoms with Crippen molar-refractivity contribution in [3.8, 4) is 11.3 Å². The molecule has 0 aliphatic carbocycles. The van der Waals surface area contributed by atoms with Crippen LogP contribution in [0.1, 0.15) is 19.3 Å². The molecule has 1 aliphatic rings. The molecule has 0 spiro atoms. The Hall–Kier alpha value is -3.02. The van der Waals surface area contributed by atoms with Gasteiger partial charge in [0.15, 0.2) is 0 Å². The van der Waals surface area contributed by atoms with Gasteiger partial charge >= 0.3 is 0 Å². The van der Waals surface area contributed by atoms with Crippen molar-refractivity contribution in [2.24, 2.45) is 0 Å². The number of hydrogen-bond acceptors (Lipinski definition) is 4. The summed E-state index contributed by atoms with van der Waals surface area (Å²) in [5.41, 5.74) is 1.90. The second-order valence-electron chi connectivity index (χ2n) is 6.60. The summed E-state index contributed by atoms with van der Waals surface area (Å²) in [5, 5.41) is 2.97. The van der Waals surface area contributed by atoms with Gasteiger partial charge < -0.3 is 10.2 Å². The molecule has 4 nitrogen and oxygen atoms in total. The largest absolute Gasteiger partial charge is 0.341 e. The summed E-state index contributed by atoms with van der Waals surface area (Å²) < 4.78 is 27.2. The van der Waals surface area contributed by atoms with Crippen LogP contribution >= 0.6 is 0 Å². The quantitative estimate of drug-likeness (QED) is 0.693. The monoisotopic (exact) mass is 366 g/mol. The van der Waals surface area contributed by atoms with Crippen LogP contribution in [0.5, 0.6) is 0 Å². The van der Waals surface area contributed by atoms with Crippen molar-refractivity contribution in [2.75, 3.05) is 23.3 Å². The van der Waals surface area contributed by atoms with Crippen molar-refractivity contribution in [2.45, 2.75) is 19.3 Å². The lowest BCUT2D eigenvalue weighted by atomic mass is 10.1. The molecule has 1 fully saturated rings. The van der Waals surface area contributed by atoms with Crippen LogP contribution < -0.4 is 10.2 Å². The van der Waals surface area contributed by atoms with Crippen molar-refractivity contribution < 1.29 is 8.78 Å². The van der Waals surface area contributed by atoms with E-state index in [1.54, 1.807) is 6.07 Å². The Morgan fingerprint density at radius 2 is 1.63 bits per heavy atom. The second-order valence-corrected chi connectivity index (χ2v) is 6.60. The molecule has 1 aliphatic heterocycles. The van der Waals surface area contributed by atoms with E-state index in [4.69, 9.17) is 4.98 Å². The number of aromatic nitrogens is 2. The summed E-state index contributed by atoms with van der Waals surface area (Å²) >= 11 is 0. The Balaban J connectivity index is 1.73. The van der Waals surface area contributed by atoms with Crippen LogP contribution in [0.15, 0.2) is 54.6 Å². The predicted octanol–water partition coefficient (Wildman–Crippen LogP) is 5.16. The molecule has 0 bridgehead atoms. The van der Waals surface area contributed by atoms with E-state index in [1.165, 1.54) is 18.6 Å². The molecule has 1 aromatic heterocycles. The molecule has 2 aromatic carbocycles. The molecule has 0 atom stereocenters. The van der Waals surface area contributed by atoms with E-state index in [0.29, 0.717) is 11.8 Å². The molecular formula is C21H20F2N4. The summed E-state index contributed by atoms with van der Waals surface area (Å²) in [6.07, 6.45) is 3.42. The van der Waals surface area contributed by atoms with E-state index in [9.17, 15) is 8.78 Å². The first-order valence-electron chi connectivity index (χ1n) is 9.10. The molecule has 6 heteroatoms. The summed E-state index contributed by atoms with van der Waals surface area (Å²) in [6.45, 7) is 1.81. The number of nitrogens with zero attached hydrogens (tertiary/aromatic N) is 3. The molecule has 3 aromatic rings. The van der Waals surface area contributed by atoms with Crippen molar-refractivity contribution >= 4 is 17.5 Å². The number of piperidine rings is 1. The van der Waals surface area contributed by atoms with Crippen molar-refractivity contribution in [3.05, 3.63) is 66.2 Å². The number of rotatable bonds is 4. The van der Waals surface area contributed by atoms with Crippen LogP contribution in [0.2, 0.25) is 0 Å². The Kier molecular flexibility index (Phi) is 4.96. The van der Waals surface area contributed by atoms with Gasteiger partial charge in [0.05, 0.1) is 11.4 Å². The fourth-order valence-corrected chi connectivity index (χ4v) is 3.22. The molecule has 0 saturated carbocycles. The maximum atomic E-state index is 14.1. The van der Waals surface area contributed by atoms with E-state index in [1.807, 2.05) is 30.3 Å². The minimum Gasteiger partial charge on any atom is -0.341 e. The second kappa shape index (κ2) is 7.70. The molecule has 0 unspecified atom stereocenters. The minimum atomic E-state index is -0.658. The number of hydrogen-bond donors (Lipinski definition) is 1. The number of anilines is 3. The highest BCUT2D eigenvalue weighted by molar-refractivity contribution is 5.67. The molecule has 27 heavy (non-hydrogen) atoms. The first-order chi connectivity index (χ1) is 13.2. The van der Waals surface area contributed by atoms with Crippen molar-refractivity contribution in [1.29, 1.82) is 0 Å². The van der Waals surface area contributed by atoms with Gasteiger partial charge in [-0.25, -0.2) is 13.8 Å². The van der Waals surface area contributed by atoms with Crippen molar-refractivity contribution in [3.63, 3.8) is 0 Å². The van der Waals surface area contributed by atoms with Gasteiger partial charge in [-0.3, -0.25) is 0 Å². The van der Waals surface area contributed by atoms with Gasteiger partial charge in [-0.1, -0.05) is 30.3 Å². The maximum Gasteiger partial charge on any atom is 0.227 e. The van der Waals surface area contributed by atoms with Crippen LogP contribution in [0.4, 0.5) is 26.2 Å². The van der Waals surface area contributed by atoms with E-state index in [2.05, 4.69) is 15.2 Å². The molecule has 0 amide bonds. The van der Waals surface area contributed by atoms with Gasteiger partial charge in [-0.05, 0) is 31.4 Å². The van der Waals surface area contributed by atoms with Gasteiger partial charge in [0.1, 0.15) is 17.5 Å². The number of halogens is 2. The van der Waals surface area contributed by atoms with E-state index >= 15 is 0 Å². The SMILES string of the molecule is Fc1ccc(Nc2cc(-c3ccccc3)nc(N3CCCCC3)n2)c(F)c1. The lowest BCUT2D eigenvalue weighted by molar-refractivity contribution is 0.568. The molecular weight excluding hydrogens is 346 g/mol. The summed E-state index contributed by atoms with van der Waals surface area (Å²) in [6, 6.07) is 15.0. The fraction of sp³-hybridized carbons (Fsp3) is 0.238. The normalized spacial score (nSPS) is 14.2. The Bertz CT molecular complexity index is 925. The third-order valence-corrected chi connectivity index (χ3v) is 4.62. The molecule has 2 heterocycles. The van der Waals surface area contributed by atoms with Crippen LogP contribution in [0.25, 0.3) is 11.3 Å². The third-order valence-electron chi connectivity index (χ3n) is 4.62. The number of benzene rings is 2. The molecule has 138 valence electrons. The topological polar surface area (TPSA) is 41.1 Å². The lowest BCUT2D eigenvalue weighted by Gasteiger charge is -2.27. The highest BCUT2D eigenvalue weighted by atomic mass is 19.1. The smallest absolute Gasteiger partial charge is 0.227 e. The Morgan fingerprint density at radius 1 is 0.852 bits per heavy atom. The average molecular weight is 366 g/mol. The molecule has 1 saturated heterocycles. The van der Waals surface area contributed by atoms with Gasteiger partial charge in [-0.15, -0.1) is 0 Å². The van der Waals surface area contributed by atoms with E-state index in [-0.39, 0.29) is 5.69 Å². The highest BCUT2D eigenvalue weighted by Crippen LogP contribution is 2.27. The standard InChI is InChI=1S/C21H20F2N4/c22-16-9-10-18(17(23)13-16)24-20-14-19(15-7-3-1-4-8-15)25-21(26-20)27-11-5-2-6-12-27/h1,3-4,7-10,13-14H,2,5-6,11-12H2,(H,24,25,26). The van der Waals surface area contributed by atoms with Crippen LogP contribution in [-0.4, -0.2) is 23.1 Å². The third kappa shape index (κ3) is 4.05. The minimum absolute atomic E-state index is 0.179. The van der Waals surface area contributed by atoms with E-state index < -0.39 is 11.6 Å². The maximum absolute atomic E-state index is 14.1. The average Bonchev–Trinajstić information content (AvgIpc) is 2.71. The Labute approximate surface area is 156 Å². The van der Waals surface area contributed by atoms with Gasteiger partial charge in [0, 0.05) is 30.8 Å². The highest BCUT2D eigenvalue weighted by Gasteiger charge is 2.16. The summed E-state index contributed by atoms with van der Waals surface area (Å²) in [4.78, 5) is 11.5. The van der Waals surface area contributed by atoms with Gasteiger partial charge in [0.2, 0.25) is 5.95 Å². The fourth-order valence-electron chi connectivity index (χ4n) is 3.22. The van der Waals surface area contributed by atoms with Crippen LogP contribution in [0.3, 0.4) is 0 Å². The van der Waals surface area contributed by atoms with Crippen LogP contribution in [-0.2, 0) is 0 Å². The van der Waals surface area contributed by atoms with Gasteiger partial charge in [0.25, 0.3) is 0 Å². The summed E-state index contributed by atoms with van der Waals surface area (Å²) in [5.74, 6) is -0.162. The zero-order chi connectivity index (χ0) is 18.6.